The first-order valence-electron chi connectivity index (χ1n) is 12.6. The van der Waals surface area contributed by atoms with Crippen molar-refractivity contribution >= 4 is 23.7 Å². The predicted octanol–water partition coefficient (Wildman–Crippen LogP) is 1.72. The van der Waals surface area contributed by atoms with Crippen molar-refractivity contribution in [3.63, 3.8) is 0 Å². The van der Waals surface area contributed by atoms with E-state index >= 15 is 0 Å². The first-order chi connectivity index (χ1) is 16.8. The van der Waals surface area contributed by atoms with Gasteiger partial charge in [-0.2, -0.15) is 0 Å². The highest BCUT2D eigenvalue weighted by molar-refractivity contribution is 5.92. The quantitative estimate of drug-likeness (QED) is 0.362. The number of benzene rings is 1. The highest BCUT2D eigenvalue weighted by Crippen LogP contribution is 2.22. The molecule has 9 heteroatoms. The molecule has 2 aliphatic heterocycles. The first kappa shape index (κ1) is 26.7. The van der Waals surface area contributed by atoms with Crippen molar-refractivity contribution in [3.8, 4) is 0 Å². The van der Waals surface area contributed by atoms with Gasteiger partial charge in [-0.1, -0.05) is 30.3 Å². The molecule has 3 rings (SSSR count). The van der Waals surface area contributed by atoms with Crippen LogP contribution in [0.5, 0.6) is 0 Å². The van der Waals surface area contributed by atoms with Crippen molar-refractivity contribution < 1.29 is 23.9 Å². The summed E-state index contributed by atoms with van der Waals surface area (Å²) in [6.07, 6.45) is 4.89. The normalized spacial score (nSPS) is 20.4. The molecular weight excluding hydrogens is 448 g/mol. The Balaban J connectivity index is 1.56. The Kier molecular flexibility index (Phi) is 9.65. The average Bonchev–Trinajstić information content (AvgIpc) is 2.86. The number of likely N-dealkylation sites (tertiary alicyclic amines) is 1. The summed E-state index contributed by atoms with van der Waals surface area (Å²) >= 11 is 0. The summed E-state index contributed by atoms with van der Waals surface area (Å²) in [6, 6.07) is 9.17. The van der Waals surface area contributed by atoms with Crippen LogP contribution in [-0.4, -0.2) is 60.4 Å². The molecule has 192 valence electrons. The zero-order chi connectivity index (χ0) is 25.3. The van der Waals surface area contributed by atoms with Gasteiger partial charge in [0.05, 0.1) is 5.92 Å². The standard InChI is InChI=1S/C26H38N4O5/c1-19(31)28-26(2,25(34)35-18-21-7-4-3-5-8-21)29-24(33)22-9-6-16-30(17-22)23(32)11-10-20-12-14-27-15-13-20/h3-5,7-8,20,22,27H,6,9-18H2,1-2H3,(H,28,31)(H,29,33)/t22-,26+/m1/s1. The zero-order valence-electron chi connectivity index (χ0n) is 20.8. The molecule has 2 heterocycles. The molecule has 0 bridgehead atoms. The lowest BCUT2D eigenvalue weighted by molar-refractivity contribution is -0.158. The molecule has 1 aromatic rings. The van der Waals surface area contributed by atoms with Crippen LogP contribution < -0.4 is 16.0 Å². The molecule has 0 unspecified atom stereocenters. The number of nitrogens with one attached hydrogen (secondary N) is 3. The fourth-order valence-corrected chi connectivity index (χ4v) is 4.78. The summed E-state index contributed by atoms with van der Waals surface area (Å²) in [6.45, 7) is 5.68. The van der Waals surface area contributed by atoms with E-state index in [-0.39, 0.29) is 18.4 Å². The molecule has 2 fully saturated rings. The molecule has 3 amide bonds. The minimum atomic E-state index is -1.71. The second-order valence-corrected chi connectivity index (χ2v) is 9.77. The minimum absolute atomic E-state index is 0.0213. The van der Waals surface area contributed by atoms with Crippen LogP contribution in [0.1, 0.15) is 57.9 Å². The lowest BCUT2D eigenvalue weighted by Crippen LogP contribution is -2.65. The summed E-state index contributed by atoms with van der Waals surface area (Å²) in [5, 5.41) is 8.54. The number of esters is 1. The molecule has 2 atom stereocenters. The van der Waals surface area contributed by atoms with Crippen LogP contribution in [0.25, 0.3) is 0 Å². The maximum Gasteiger partial charge on any atom is 0.353 e. The number of hydrogen-bond acceptors (Lipinski definition) is 6. The summed E-state index contributed by atoms with van der Waals surface area (Å²) in [5.41, 5.74) is -0.915. The number of ether oxygens (including phenoxy) is 1. The molecule has 35 heavy (non-hydrogen) atoms. The molecule has 0 saturated carbocycles. The fraction of sp³-hybridized carbons (Fsp3) is 0.615. The van der Waals surface area contributed by atoms with E-state index in [1.54, 1.807) is 4.90 Å². The van der Waals surface area contributed by atoms with Crippen LogP contribution >= 0.6 is 0 Å². The minimum Gasteiger partial charge on any atom is -0.458 e. The van der Waals surface area contributed by atoms with Gasteiger partial charge in [0.15, 0.2) is 0 Å². The summed E-state index contributed by atoms with van der Waals surface area (Å²) in [7, 11) is 0. The van der Waals surface area contributed by atoms with Gasteiger partial charge >= 0.3 is 5.97 Å². The number of amides is 3. The Hall–Kier alpha value is -2.94. The maximum atomic E-state index is 13.1. The SMILES string of the molecule is CC(=O)N[C@@](C)(NC(=O)[C@@H]1CCCN(C(=O)CCC2CCNCC2)C1)C(=O)OCc1ccccc1. The highest BCUT2D eigenvalue weighted by Gasteiger charge is 2.40. The predicted molar refractivity (Wildman–Crippen MR) is 131 cm³/mol. The number of carbonyl (C=O) groups is 4. The van der Waals surface area contributed by atoms with Gasteiger partial charge in [0.1, 0.15) is 6.61 Å². The van der Waals surface area contributed by atoms with E-state index in [4.69, 9.17) is 4.74 Å². The Labute approximate surface area is 207 Å². The summed E-state index contributed by atoms with van der Waals surface area (Å²) < 4.78 is 5.39. The molecule has 0 spiro atoms. The molecule has 2 saturated heterocycles. The van der Waals surface area contributed by atoms with Gasteiger partial charge in [-0.3, -0.25) is 14.4 Å². The fourth-order valence-electron chi connectivity index (χ4n) is 4.78. The Bertz CT molecular complexity index is 887. The summed E-state index contributed by atoms with van der Waals surface area (Å²) in [4.78, 5) is 52.4. The number of carbonyl (C=O) groups excluding carboxylic acids is 4. The van der Waals surface area contributed by atoms with Gasteiger partial charge in [-0.25, -0.2) is 4.79 Å². The van der Waals surface area contributed by atoms with Crippen LogP contribution in [0, 0.1) is 11.8 Å². The number of hydrogen-bond donors (Lipinski definition) is 3. The lowest BCUT2D eigenvalue weighted by atomic mass is 9.92. The van der Waals surface area contributed by atoms with E-state index in [1.807, 2.05) is 30.3 Å². The van der Waals surface area contributed by atoms with E-state index in [2.05, 4.69) is 16.0 Å². The second-order valence-electron chi connectivity index (χ2n) is 9.77. The third-order valence-corrected chi connectivity index (χ3v) is 6.79. The largest absolute Gasteiger partial charge is 0.458 e. The van der Waals surface area contributed by atoms with E-state index in [1.165, 1.54) is 13.8 Å². The van der Waals surface area contributed by atoms with Gasteiger partial charge < -0.3 is 25.6 Å². The van der Waals surface area contributed by atoms with Gasteiger partial charge in [0.2, 0.25) is 23.4 Å². The second kappa shape index (κ2) is 12.7. The van der Waals surface area contributed by atoms with Crippen LogP contribution in [0.3, 0.4) is 0 Å². The van der Waals surface area contributed by atoms with E-state index < -0.39 is 23.5 Å². The molecular formula is C26H38N4O5. The van der Waals surface area contributed by atoms with E-state index in [0.29, 0.717) is 38.3 Å². The Morgan fingerprint density at radius 1 is 1.09 bits per heavy atom. The third kappa shape index (κ3) is 8.06. The molecule has 0 aromatic heterocycles. The number of rotatable bonds is 9. The number of nitrogens with zero attached hydrogens (tertiary/aromatic N) is 1. The number of piperidine rings is 2. The van der Waals surface area contributed by atoms with E-state index in [0.717, 1.165) is 37.9 Å². The Morgan fingerprint density at radius 2 is 1.80 bits per heavy atom. The van der Waals surface area contributed by atoms with Crippen molar-refractivity contribution in [2.24, 2.45) is 11.8 Å². The highest BCUT2D eigenvalue weighted by atomic mass is 16.5. The van der Waals surface area contributed by atoms with Crippen molar-refractivity contribution in [3.05, 3.63) is 35.9 Å². The van der Waals surface area contributed by atoms with Crippen molar-refractivity contribution in [1.29, 1.82) is 0 Å². The van der Waals surface area contributed by atoms with Crippen LogP contribution in [-0.2, 0) is 30.5 Å². The average molecular weight is 487 g/mol. The van der Waals surface area contributed by atoms with Crippen LogP contribution in [0.15, 0.2) is 30.3 Å². The van der Waals surface area contributed by atoms with Crippen molar-refractivity contribution in [1.82, 2.24) is 20.9 Å². The van der Waals surface area contributed by atoms with Crippen molar-refractivity contribution in [2.75, 3.05) is 26.2 Å². The van der Waals surface area contributed by atoms with Crippen LogP contribution in [0.2, 0.25) is 0 Å². The maximum absolute atomic E-state index is 13.1. The van der Waals surface area contributed by atoms with Gasteiger partial charge in [0.25, 0.3) is 0 Å². The topological polar surface area (TPSA) is 117 Å². The molecule has 1 aromatic carbocycles. The summed E-state index contributed by atoms with van der Waals surface area (Å²) in [5.74, 6) is -1.41. The molecule has 2 aliphatic rings. The molecule has 0 aliphatic carbocycles. The molecule has 9 nitrogen and oxygen atoms in total. The monoisotopic (exact) mass is 486 g/mol. The van der Waals surface area contributed by atoms with E-state index in [9.17, 15) is 19.2 Å². The molecule has 3 N–H and O–H groups in total. The molecule has 0 radical (unpaired) electrons. The van der Waals surface area contributed by atoms with Gasteiger partial charge in [-0.15, -0.1) is 0 Å². The smallest absolute Gasteiger partial charge is 0.353 e. The first-order valence-corrected chi connectivity index (χ1v) is 12.6. The van der Waals surface area contributed by atoms with Gasteiger partial charge in [0, 0.05) is 26.4 Å². The van der Waals surface area contributed by atoms with Crippen molar-refractivity contribution in [2.45, 2.75) is 64.6 Å². The lowest BCUT2D eigenvalue weighted by Gasteiger charge is -2.35. The third-order valence-electron chi connectivity index (χ3n) is 6.79. The Morgan fingerprint density at radius 3 is 2.49 bits per heavy atom. The van der Waals surface area contributed by atoms with Gasteiger partial charge in [-0.05, 0) is 63.6 Å². The zero-order valence-corrected chi connectivity index (χ0v) is 20.8. The van der Waals surface area contributed by atoms with Crippen LogP contribution in [0.4, 0.5) is 0 Å².